The number of carbonyl (C=O) groups excluding carboxylic acids is 1. The van der Waals surface area contributed by atoms with Gasteiger partial charge in [0.25, 0.3) is 0 Å². The normalized spacial score (nSPS) is 16.3. The monoisotopic (exact) mass is 501 g/mol. The van der Waals surface area contributed by atoms with Gasteiger partial charge in [-0.2, -0.15) is 10.1 Å². The van der Waals surface area contributed by atoms with E-state index in [1.807, 2.05) is 11.8 Å². The van der Waals surface area contributed by atoms with E-state index in [-0.39, 0.29) is 33.8 Å². The summed E-state index contributed by atoms with van der Waals surface area (Å²) in [6, 6.07) is 2.82. The van der Waals surface area contributed by atoms with E-state index in [0.717, 1.165) is 0 Å². The van der Waals surface area contributed by atoms with Gasteiger partial charge in [-0.1, -0.05) is 29.8 Å². The molecular formula is C22H18Cl2FN7O2. The molecular weight excluding hydrogens is 484 g/mol. The fraction of sp³-hybridized carbons (Fsp3) is 0.227. The van der Waals surface area contributed by atoms with Crippen LogP contribution in [0.3, 0.4) is 0 Å². The van der Waals surface area contributed by atoms with Gasteiger partial charge < -0.3 is 14.5 Å². The van der Waals surface area contributed by atoms with Crippen LogP contribution in [0.2, 0.25) is 10.2 Å². The summed E-state index contributed by atoms with van der Waals surface area (Å²) in [5, 5.41) is 7.63. The van der Waals surface area contributed by atoms with Crippen molar-refractivity contribution in [3.63, 3.8) is 0 Å². The molecule has 12 heteroatoms. The molecule has 0 aliphatic carbocycles. The number of carbonyl (C=O) groups is 1. The smallest absolute Gasteiger partial charge is 0.247 e. The maximum Gasteiger partial charge on any atom is 0.247 e. The Morgan fingerprint density at radius 2 is 2.12 bits per heavy atom. The molecule has 1 aliphatic heterocycles. The molecule has 1 fully saturated rings. The molecule has 1 saturated heterocycles. The quantitative estimate of drug-likeness (QED) is 0.327. The fourth-order valence-corrected chi connectivity index (χ4v) is 4.49. The van der Waals surface area contributed by atoms with E-state index >= 15 is 0 Å². The molecule has 0 bridgehead atoms. The minimum absolute atomic E-state index is 0.0480. The van der Waals surface area contributed by atoms with Crippen molar-refractivity contribution in [2.24, 2.45) is 0 Å². The summed E-state index contributed by atoms with van der Waals surface area (Å²) >= 11 is 12.5. The summed E-state index contributed by atoms with van der Waals surface area (Å²) in [7, 11) is 0. The second-order valence-corrected chi connectivity index (χ2v) is 8.57. The number of aromatic nitrogens is 5. The van der Waals surface area contributed by atoms with Crippen LogP contribution in [0.1, 0.15) is 6.92 Å². The first-order chi connectivity index (χ1) is 16.4. The van der Waals surface area contributed by atoms with Crippen LogP contribution in [0.5, 0.6) is 11.6 Å². The zero-order valence-electron chi connectivity index (χ0n) is 17.9. The largest absolute Gasteiger partial charge is 0.434 e. The van der Waals surface area contributed by atoms with Crippen molar-refractivity contribution in [3.8, 4) is 11.6 Å². The van der Waals surface area contributed by atoms with Crippen molar-refractivity contribution in [1.82, 2.24) is 30.0 Å². The molecule has 5 rings (SSSR count). The third kappa shape index (κ3) is 3.78. The van der Waals surface area contributed by atoms with Crippen molar-refractivity contribution in [1.29, 1.82) is 0 Å². The Morgan fingerprint density at radius 1 is 1.29 bits per heavy atom. The molecule has 1 unspecified atom stereocenters. The number of anilines is 1. The summed E-state index contributed by atoms with van der Waals surface area (Å²) < 4.78 is 20.3. The number of hydrogen-bond acceptors (Lipinski definition) is 7. The Kier molecular flexibility index (Phi) is 5.70. The maximum absolute atomic E-state index is 14.4. The second kappa shape index (κ2) is 8.69. The summed E-state index contributed by atoms with van der Waals surface area (Å²) in [4.78, 5) is 29.0. The van der Waals surface area contributed by atoms with Crippen LogP contribution in [0.4, 0.5) is 10.2 Å². The fourth-order valence-electron chi connectivity index (χ4n) is 4.11. The molecule has 0 radical (unpaired) electrons. The highest BCUT2D eigenvalue weighted by Gasteiger charge is 2.28. The number of amides is 1. The second-order valence-electron chi connectivity index (χ2n) is 7.81. The van der Waals surface area contributed by atoms with Gasteiger partial charge in [0.1, 0.15) is 33.7 Å². The summed E-state index contributed by atoms with van der Waals surface area (Å²) in [5.41, 5.74) is 0.795. The number of benzene rings is 1. The Hall–Kier alpha value is -3.50. The van der Waals surface area contributed by atoms with Crippen molar-refractivity contribution in [2.45, 2.75) is 13.0 Å². The van der Waals surface area contributed by atoms with E-state index in [0.29, 0.717) is 47.3 Å². The van der Waals surface area contributed by atoms with Crippen LogP contribution < -0.4 is 9.64 Å². The van der Waals surface area contributed by atoms with Gasteiger partial charge in [-0.15, -0.1) is 0 Å². The lowest BCUT2D eigenvalue weighted by Gasteiger charge is -2.40. The lowest BCUT2D eigenvalue weighted by atomic mass is 10.1. The van der Waals surface area contributed by atoms with Gasteiger partial charge in [-0.3, -0.25) is 9.89 Å². The minimum Gasteiger partial charge on any atom is -0.434 e. The molecule has 1 aliphatic rings. The van der Waals surface area contributed by atoms with E-state index in [4.69, 9.17) is 27.9 Å². The molecule has 0 spiro atoms. The van der Waals surface area contributed by atoms with Gasteiger partial charge in [0.15, 0.2) is 5.75 Å². The zero-order valence-corrected chi connectivity index (χ0v) is 19.4. The highest BCUT2D eigenvalue weighted by atomic mass is 35.5. The predicted octanol–water partition coefficient (Wildman–Crippen LogP) is 4.36. The number of H-pyrrole nitrogens is 1. The molecule has 174 valence electrons. The van der Waals surface area contributed by atoms with Crippen molar-refractivity contribution in [2.75, 3.05) is 24.5 Å². The average Bonchev–Trinajstić information content (AvgIpc) is 3.29. The van der Waals surface area contributed by atoms with E-state index in [9.17, 15) is 9.18 Å². The minimum atomic E-state index is -0.670. The number of hydrogen-bond donors (Lipinski definition) is 1. The summed E-state index contributed by atoms with van der Waals surface area (Å²) in [6.45, 7) is 7.14. The van der Waals surface area contributed by atoms with Crippen molar-refractivity contribution < 1.29 is 13.9 Å². The van der Waals surface area contributed by atoms with Gasteiger partial charge in [0, 0.05) is 31.7 Å². The predicted molar refractivity (Wildman–Crippen MR) is 127 cm³/mol. The number of ether oxygens (including phenoxy) is 1. The number of nitrogens with one attached hydrogen (secondary N) is 1. The Bertz CT molecular complexity index is 1440. The first kappa shape index (κ1) is 22.3. The Morgan fingerprint density at radius 3 is 2.88 bits per heavy atom. The number of fused-ring (bicyclic) bond motifs is 2. The molecule has 3 aromatic heterocycles. The van der Waals surface area contributed by atoms with E-state index in [1.165, 1.54) is 24.7 Å². The first-order valence-electron chi connectivity index (χ1n) is 10.4. The third-order valence-electron chi connectivity index (χ3n) is 5.71. The van der Waals surface area contributed by atoms with Crippen LogP contribution in [-0.2, 0) is 4.79 Å². The van der Waals surface area contributed by atoms with Gasteiger partial charge in [-0.25, -0.2) is 14.4 Å². The maximum atomic E-state index is 14.4. The molecule has 0 saturated carbocycles. The molecule has 4 aromatic rings. The van der Waals surface area contributed by atoms with Crippen LogP contribution in [0, 0.1) is 5.82 Å². The summed E-state index contributed by atoms with van der Waals surface area (Å²) in [6.07, 6.45) is 4.19. The topological polar surface area (TPSA) is 100 Å². The molecule has 1 atom stereocenters. The standard InChI is InChI=1S/C22H18Cl2FN7O2/c1-3-17(33)32-5-4-31(9-11(32)2)21-12-6-16(23)29-22(19(12)26-10-27-21)34-20-13-8-28-30-15(13)7-14(25)18(20)24/h3,6-8,10-11H,1,4-5,9H2,2H3,(H,28,30). The molecule has 4 heterocycles. The molecule has 34 heavy (non-hydrogen) atoms. The van der Waals surface area contributed by atoms with Crippen LogP contribution >= 0.6 is 23.2 Å². The van der Waals surface area contributed by atoms with Gasteiger partial charge >= 0.3 is 0 Å². The lowest BCUT2D eigenvalue weighted by Crippen LogP contribution is -2.54. The molecule has 9 nitrogen and oxygen atoms in total. The Balaban J connectivity index is 1.56. The SMILES string of the molecule is C=CC(=O)N1CCN(c2ncnc3c(Oc4c(Cl)c(F)cc5[nH]ncc45)nc(Cl)cc23)CC1C. The molecule has 1 N–H and O–H groups in total. The number of aromatic amines is 1. The highest BCUT2D eigenvalue weighted by Crippen LogP contribution is 2.40. The van der Waals surface area contributed by atoms with Gasteiger partial charge in [-0.05, 0) is 19.1 Å². The van der Waals surface area contributed by atoms with Crippen molar-refractivity contribution in [3.05, 3.63) is 53.3 Å². The van der Waals surface area contributed by atoms with Gasteiger partial charge in [0.2, 0.25) is 11.8 Å². The molecule has 1 amide bonds. The number of piperazine rings is 1. The highest BCUT2D eigenvalue weighted by molar-refractivity contribution is 6.33. The number of rotatable bonds is 4. The molecule has 1 aromatic carbocycles. The number of pyridine rings is 1. The zero-order chi connectivity index (χ0) is 24.0. The van der Waals surface area contributed by atoms with Crippen LogP contribution in [0.25, 0.3) is 21.8 Å². The number of halogens is 3. The van der Waals surface area contributed by atoms with Crippen LogP contribution in [0.15, 0.2) is 37.3 Å². The third-order valence-corrected chi connectivity index (χ3v) is 6.26. The summed E-state index contributed by atoms with van der Waals surface area (Å²) in [5.74, 6) is -0.0619. The average molecular weight is 502 g/mol. The van der Waals surface area contributed by atoms with Gasteiger partial charge in [0.05, 0.1) is 22.5 Å². The first-order valence-corrected chi connectivity index (χ1v) is 11.1. The van der Waals surface area contributed by atoms with Crippen molar-refractivity contribution >= 4 is 56.7 Å². The lowest BCUT2D eigenvalue weighted by molar-refractivity contribution is -0.128. The van der Waals surface area contributed by atoms with E-state index < -0.39 is 5.82 Å². The van der Waals surface area contributed by atoms with E-state index in [1.54, 1.807) is 11.0 Å². The van der Waals surface area contributed by atoms with E-state index in [2.05, 4.69) is 31.7 Å². The number of nitrogens with zero attached hydrogens (tertiary/aromatic N) is 6. The van der Waals surface area contributed by atoms with Crippen LogP contribution in [-0.4, -0.2) is 61.6 Å². The Labute approximate surface area is 203 Å².